The Kier molecular flexibility index (Phi) is 2.02. The molecular formula is C4H5N3O4. The van der Waals surface area contributed by atoms with Gasteiger partial charge in [0.1, 0.15) is 0 Å². The Bertz CT molecular complexity index is 204. The smallest absolute Gasteiger partial charge is 0.302 e. The van der Waals surface area contributed by atoms with Gasteiger partial charge in [-0.15, -0.1) is 0 Å². The van der Waals surface area contributed by atoms with Crippen LogP contribution in [0.15, 0.2) is 0 Å². The minimum Gasteiger partial charge on any atom is -0.302 e. The van der Waals surface area contributed by atoms with E-state index < -0.39 is 18.2 Å². The quantitative estimate of drug-likeness (QED) is 0.248. The lowest BCUT2D eigenvalue weighted by Gasteiger charge is -2.04. The van der Waals surface area contributed by atoms with E-state index in [0.29, 0.717) is 0 Å². The largest absolute Gasteiger partial charge is 0.324 e. The van der Waals surface area contributed by atoms with Gasteiger partial charge in [0.2, 0.25) is 12.6 Å². The summed E-state index contributed by atoms with van der Waals surface area (Å²) in [4.78, 5) is 35.0. The molecule has 1 saturated heterocycles. The molecule has 1 aliphatic heterocycles. The van der Waals surface area contributed by atoms with Crippen molar-refractivity contribution in [3.63, 3.8) is 0 Å². The molecule has 1 atom stereocenters. The molecule has 4 amide bonds. The highest BCUT2D eigenvalue weighted by atomic mass is 16.7. The summed E-state index contributed by atoms with van der Waals surface area (Å²) in [6.45, 7) is 0. The van der Waals surface area contributed by atoms with E-state index in [2.05, 4.69) is 10.2 Å². The number of carbonyl (C=O) groups is 3. The standard InChI is InChI=1S/C4H5N3O4/c8-1-5-11-3-2(9)6-4(10)7-3/h1,3H,(H,5,8)(H2,6,7,9,10). The van der Waals surface area contributed by atoms with Gasteiger partial charge in [0.25, 0.3) is 5.91 Å². The van der Waals surface area contributed by atoms with E-state index in [4.69, 9.17) is 0 Å². The molecule has 3 N–H and O–H groups in total. The molecule has 1 unspecified atom stereocenters. The average molecular weight is 159 g/mol. The van der Waals surface area contributed by atoms with Crippen molar-refractivity contribution in [1.29, 1.82) is 0 Å². The molecule has 1 aliphatic rings. The number of imide groups is 1. The molecule has 0 aromatic heterocycles. The molecule has 0 aliphatic carbocycles. The van der Waals surface area contributed by atoms with Crippen LogP contribution in [0.25, 0.3) is 0 Å². The molecular weight excluding hydrogens is 154 g/mol. The SMILES string of the molecule is O=CNOC1NC(=O)NC1=O. The van der Waals surface area contributed by atoms with Crippen LogP contribution in [0.1, 0.15) is 0 Å². The fourth-order valence-corrected chi connectivity index (χ4v) is 0.577. The normalized spacial score (nSPS) is 22.4. The summed E-state index contributed by atoms with van der Waals surface area (Å²) in [5, 5.41) is 4.00. The van der Waals surface area contributed by atoms with E-state index in [9.17, 15) is 14.4 Å². The summed E-state index contributed by atoms with van der Waals surface area (Å²) in [6.07, 6.45) is -0.884. The molecule has 1 heterocycles. The van der Waals surface area contributed by atoms with Crippen molar-refractivity contribution in [2.45, 2.75) is 6.23 Å². The van der Waals surface area contributed by atoms with Crippen LogP contribution < -0.4 is 16.1 Å². The van der Waals surface area contributed by atoms with Gasteiger partial charge in [-0.2, -0.15) is 0 Å². The lowest BCUT2D eigenvalue weighted by atomic mass is 10.6. The van der Waals surface area contributed by atoms with Crippen molar-refractivity contribution in [3.05, 3.63) is 0 Å². The number of nitrogens with one attached hydrogen (secondary N) is 3. The number of urea groups is 1. The molecule has 1 fully saturated rings. The van der Waals surface area contributed by atoms with Crippen LogP contribution in [-0.4, -0.2) is 24.6 Å². The Morgan fingerprint density at radius 3 is 2.73 bits per heavy atom. The topological polar surface area (TPSA) is 96.5 Å². The maximum Gasteiger partial charge on any atom is 0.324 e. The van der Waals surface area contributed by atoms with Crippen LogP contribution in [0.3, 0.4) is 0 Å². The molecule has 1 rings (SSSR count). The van der Waals surface area contributed by atoms with Gasteiger partial charge >= 0.3 is 6.03 Å². The minimum atomic E-state index is -1.13. The second kappa shape index (κ2) is 2.97. The highest BCUT2D eigenvalue weighted by Gasteiger charge is 2.30. The van der Waals surface area contributed by atoms with Crippen LogP contribution in [0.4, 0.5) is 4.79 Å². The summed E-state index contributed by atoms with van der Waals surface area (Å²) in [5.41, 5.74) is 1.79. The number of hydrogen-bond acceptors (Lipinski definition) is 4. The molecule has 0 spiro atoms. The molecule has 0 aromatic carbocycles. The average Bonchev–Trinajstić information content (AvgIpc) is 2.26. The summed E-state index contributed by atoms with van der Waals surface area (Å²) < 4.78 is 0. The summed E-state index contributed by atoms with van der Waals surface area (Å²) in [5.74, 6) is -0.635. The van der Waals surface area contributed by atoms with Crippen LogP contribution in [0, 0.1) is 0 Å². The molecule has 0 bridgehead atoms. The minimum absolute atomic E-state index is 0.248. The van der Waals surface area contributed by atoms with Gasteiger partial charge in [0.15, 0.2) is 0 Å². The van der Waals surface area contributed by atoms with Gasteiger partial charge in [-0.1, -0.05) is 0 Å². The Balaban J connectivity index is 2.40. The van der Waals surface area contributed by atoms with Crippen molar-refractivity contribution in [2.75, 3.05) is 0 Å². The first-order chi connectivity index (χ1) is 5.24. The Labute approximate surface area is 61.0 Å². The van der Waals surface area contributed by atoms with Crippen molar-refractivity contribution < 1.29 is 19.2 Å². The third-order valence-electron chi connectivity index (χ3n) is 0.971. The van der Waals surface area contributed by atoms with Crippen LogP contribution in [0.2, 0.25) is 0 Å². The Morgan fingerprint density at radius 2 is 2.27 bits per heavy atom. The third kappa shape index (κ3) is 1.64. The number of carbonyl (C=O) groups excluding carboxylic acids is 3. The van der Waals surface area contributed by atoms with Crippen LogP contribution >= 0.6 is 0 Å². The number of hydrogen-bond donors (Lipinski definition) is 3. The summed E-state index contributed by atoms with van der Waals surface area (Å²) in [6, 6.07) is -0.646. The zero-order valence-corrected chi connectivity index (χ0v) is 5.29. The summed E-state index contributed by atoms with van der Waals surface area (Å²) in [7, 11) is 0. The van der Waals surface area contributed by atoms with Crippen molar-refractivity contribution in [2.24, 2.45) is 0 Å². The first kappa shape index (κ1) is 7.48. The van der Waals surface area contributed by atoms with Crippen molar-refractivity contribution in [1.82, 2.24) is 16.1 Å². The lowest BCUT2D eigenvalue weighted by Crippen LogP contribution is -2.36. The van der Waals surface area contributed by atoms with E-state index in [0.717, 1.165) is 0 Å². The zero-order chi connectivity index (χ0) is 8.27. The van der Waals surface area contributed by atoms with Crippen molar-refractivity contribution in [3.8, 4) is 0 Å². The fourth-order valence-electron chi connectivity index (χ4n) is 0.577. The molecule has 60 valence electrons. The van der Waals surface area contributed by atoms with Crippen LogP contribution in [-0.2, 0) is 14.4 Å². The molecule has 7 nitrogen and oxygen atoms in total. The van der Waals surface area contributed by atoms with E-state index >= 15 is 0 Å². The third-order valence-corrected chi connectivity index (χ3v) is 0.971. The predicted molar refractivity (Wildman–Crippen MR) is 30.7 cm³/mol. The van der Waals surface area contributed by atoms with Gasteiger partial charge in [-0.25, -0.2) is 15.1 Å². The Morgan fingerprint density at radius 1 is 1.55 bits per heavy atom. The molecule has 11 heavy (non-hydrogen) atoms. The highest BCUT2D eigenvalue weighted by Crippen LogP contribution is 1.91. The highest BCUT2D eigenvalue weighted by molar-refractivity contribution is 6.03. The first-order valence-electron chi connectivity index (χ1n) is 2.70. The van der Waals surface area contributed by atoms with E-state index in [1.807, 2.05) is 5.32 Å². The maximum atomic E-state index is 10.6. The monoisotopic (exact) mass is 159 g/mol. The maximum absolute atomic E-state index is 10.6. The Hall–Kier alpha value is -1.63. The van der Waals surface area contributed by atoms with Crippen LogP contribution in [0.5, 0.6) is 0 Å². The van der Waals surface area contributed by atoms with E-state index in [1.54, 1.807) is 5.48 Å². The molecule has 0 saturated carbocycles. The second-order valence-corrected chi connectivity index (χ2v) is 1.70. The van der Waals surface area contributed by atoms with Crippen molar-refractivity contribution >= 4 is 18.3 Å². The van der Waals surface area contributed by atoms with E-state index in [1.165, 1.54) is 0 Å². The van der Waals surface area contributed by atoms with Gasteiger partial charge < -0.3 is 5.32 Å². The predicted octanol–water partition coefficient (Wildman–Crippen LogP) is -2.17. The number of hydroxylamine groups is 1. The first-order valence-corrected chi connectivity index (χ1v) is 2.70. The fraction of sp³-hybridized carbons (Fsp3) is 0.250. The van der Waals surface area contributed by atoms with E-state index in [-0.39, 0.29) is 6.41 Å². The van der Waals surface area contributed by atoms with Gasteiger partial charge in [-0.3, -0.25) is 14.9 Å². The second-order valence-electron chi connectivity index (χ2n) is 1.70. The molecule has 7 heteroatoms. The van der Waals surface area contributed by atoms with Gasteiger partial charge in [0, 0.05) is 0 Å². The van der Waals surface area contributed by atoms with Gasteiger partial charge in [-0.05, 0) is 0 Å². The lowest BCUT2D eigenvalue weighted by molar-refractivity contribution is -0.140. The number of rotatable bonds is 3. The molecule has 0 radical (unpaired) electrons. The number of amides is 4. The van der Waals surface area contributed by atoms with Gasteiger partial charge in [0.05, 0.1) is 0 Å². The summed E-state index contributed by atoms with van der Waals surface area (Å²) >= 11 is 0. The zero-order valence-electron chi connectivity index (χ0n) is 5.29. The molecule has 0 aromatic rings.